The van der Waals surface area contributed by atoms with Gasteiger partial charge in [-0.2, -0.15) is 0 Å². The van der Waals surface area contributed by atoms with Gasteiger partial charge in [0, 0.05) is 0 Å². The van der Waals surface area contributed by atoms with Crippen molar-refractivity contribution in [1.29, 1.82) is 0 Å². The van der Waals surface area contributed by atoms with E-state index in [1.807, 2.05) is 0 Å². The Balaban J connectivity index is 2.90. The fourth-order valence-electron chi connectivity index (χ4n) is 6.06. The van der Waals surface area contributed by atoms with Crippen LogP contribution in [0.15, 0.2) is 18.2 Å². The summed E-state index contributed by atoms with van der Waals surface area (Å²) >= 11 is 0. The van der Waals surface area contributed by atoms with Crippen molar-refractivity contribution in [3.8, 4) is 5.75 Å². The Morgan fingerprint density at radius 1 is 0.500 bits per heavy atom. The van der Waals surface area contributed by atoms with Crippen LogP contribution in [-0.4, -0.2) is 22.1 Å². The molecule has 0 spiro atoms. The first-order valence-electron chi connectivity index (χ1n) is 18.1. The fraction of sp³-hybridized carbons (Fsp3) is 0.842. The van der Waals surface area contributed by atoms with Gasteiger partial charge in [-0.05, 0) is 0 Å². The molecule has 0 aliphatic heterocycles. The quantitative estimate of drug-likeness (QED) is 0.0906. The van der Waals surface area contributed by atoms with E-state index in [0.717, 1.165) is 42.6 Å². The van der Waals surface area contributed by atoms with Gasteiger partial charge in [-0.25, -0.2) is 0 Å². The summed E-state index contributed by atoms with van der Waals surface area (Å²) < 4.78 is 6.71. The third-order valence-electron chi connectivity index (χ3n) is 8.86. The Hall–Kier alpha value is -0.630. The van der Waals surface area contributed by atoms with Crippen molar-refractivity contribution in [3.63, 3.8) is 0 Å². The van der Waals surface area contributed by atoms with Gasteiger partial charge in [-0.15, -0.1) is 0 Å². The molecular formula is C38H73O3P. The zero-order chi connectivity index (χ0) is 31.6. The second-order valence-electron chi connectivity index (χ2n) is 15.4. The number of unbranched alkanes of at least 4 members (excludes halogenated alkanes) is 18. The van der Waals surface area contributed by atoms with E-state index in [-0.39, 0.29) is 10.8 Å². The summed E-state index contributed by atoms with van der Waals surface area (Å²) in [6.07, 6.45) is 25.3. The van der Waals surface area contributed by atoms with Crippen molar-refractivity contribution in [2.45, 2.75) is 195 Å². The molecule has 1 aromatic rings. The van der Waals surface area contributed by atoms with Crippen LogP contribution in [0.4, 0.5) is 0 Å². The van der Waals surface area contributed by atoms with E-state index < -0.39 is 7.28 Å². The molecule has 0 saturated heterocycles. The second kappa shape index (κ2) is 19.7. The summed E-state index contributed by atoms with van der Waals surface area (Å²) in [6, 6.07) is 6.33. The van der Waals surface area contributed by atoms with Crippen LogP contribution in [-0.2, 0) is 10.8 Å². The van der Waals surface area contributed by atoms with Crippen LogP contribution < -0.4 is 4.52 Å². The average Bonchev–Trinajstić information content (AvgIpc) is 2.89. The number of benzene rings is 1. The van der Waals surface area contributed by atoms with Crippen LogP contribution in [0.2, 0.25) is 0 Å². The van der Waals surface area contributed by atoms with Gasteiger partial charge >= 0.3 is 264 Å². The fourth-order valence-corrected chi connectivity index (χ4v) is 8.81. The van der Waals surface area contributed by atoms with Gasteiger partial charge in [0.15, 0.2) is 0 Å². The topological polar surface area (TPSA) is 49.7 Å². The van der Waals surface area contributed by atoms with Crippen molar-refractivity contribution in [2.75, 3.05) is 12.3 Å². The van der Waals surface area contributed by atoms with Gasteiger partial charge < -0.3 is 0 Å². The van der Waals surface area contributed by atoms with E-state index in [1.54, 1.807) is 0 Å². The normalized spacial score (nSPS) is 13.7. The summed E-state index contributed by atoms with van der Waals surface area (Å²) in [5.41, 5.74) is 1.82. The Labute approximate surface area is 263 Å². The standard InChI is InChI=1S/C38H73O3P/c1-9-11-13-15-17-19-21-23-25-27-32-42(39,40,33-28-26-24-22-20-18-16-14-12-10-2)41-36-34(37(3,4)5)30-29-31-35(36)38(6,7)8/h29-31,39-40H,9-28,32-33H2,1-8H3. The molecule has 0 amide bonds. The van der Waals surface area contributed by atoms with Crippen molar-refractivity contribution in [3.05, 3.63) is 29.3 Å². The predicted octanol–water partition coefficient (Wildman–Crippen LogP) is 12.8. The minimum atomic E-state index is -4.39. The van der Waals surface area contributed by atoms with Crippen LogP contribution in [0.25, 0.3) is 0 Å². The van der Waals surface area contributed by atoms with E-state index in [9.17, 15) is 9.79 Å². The molecule has 0 aliphatic carbocycles. The third-order valence-corrected chi connectivity index (χ3v) is 11.9. The molecule has 0 aliphatic rings. The molecule has 0 unspecified atom stereocenters. The molecule has 2 N–H and O–H groups in total. The average molecular weight is 609 g/mol. The van der Waals surface area contributed by atoms with E-state index in [2.05, 4.69) is 73.6 Å². The monoisotopic (exact) mass is 609 g/mol. The van der Waals surface area contributed by atoms with Gasteiger partial charge in [-0.3, -0.25) is 0 Å². The number of para-hydroxylation sites is 1. The molecule has 3 nitrogen and oxygen atoms in total. The first-order chi connectivity index (χ1) is 19.7. The van der Waals surface area contributed by atoms with Crippen LogP contribution in [0.1, 0.15) is 195 Å². The molecule has 248 valence electrons. The van der Waals surface area contributed by atoms with Crippen LogP contribution in [0.3, 0.4) is 0 Å². The Bertz CT molecular complexity index is 773. The maximum atomic E-state index is 12.2. The van der Waals surface area contributed by atoms with E-state index in [1.165, 1.54) is 103 Å². The Kier molecular flexibility index (Phi) is 18.5. The molecular weight excluding hydrogens is 535 g/mol. The molecule has 1 aromatic carbocycles. The molecule has 0 radical (unpaired) electrons. The van der Waals surface area contributed by atoms with Gasteiger partial charge in [-0.1, -0.05) is 0 Å². The molecule has 4 heteroatoms. The third kappa shape index (κ3) is 16.4. The summed E-state index contributed by atoms with van der Waals surface area (Å²) in [7, 11) is -4.39. The molecule has 0 bridgehead atoms. The van der Waals surface area contributed by atoms with Crippen molar-refractivity contribution in [2.24, 2.45) is 0 Å². The molecule has 0 heterocycles. The zero-order valence-electron chi connectivity index (χ0n) is 29.5. The zero-order valence-corrected chi connectivity index (χ0v) is 30.4. The summed E-state index contributed by atoms with van der Waals surface area (Å²) in [4.78, 5) is 24.4. The van der Waals surface area contributed by atoms with Crippen LogP contribution >= 0.6 is 7.28 Å². The van der Waals surface area contributed by atoms with Crippen molar-refractivity contribution in [1.82, 2.24) is 0 Å². The first kappa shape index (κ1) is 39.4. The van der Waals surface area contributed by atoms with E-state index >= 15 is 0 Å². The number of hydrogen-bond donors (Lipinski definition) is 2. The van der Waals surface area contributed by atoms with Crippen molar-refractivity contribution < 1.29 is 14.3 Å². The Morgan fingerprint density at radius 3 is 1.07 bits per heavy atom. The minimum absolute atomic E-state index is 0.158. The number of rotatable bonds is 24. The molecule has 0 fully saturated rings. The number of hydrogen-bond acceptors (Lipinski definition) is 3. The molecule has 0 saturated carbocycles. The second-order valence-corrected chi connectivity index (χ2v) is 19.1. The SMILES string of the molecule is CCCCCCCCCCCCP(O)(O)(CCCCCCCCCCCC)Oc1c(C(C)(C)C)cccc1C(C)(C)C. The molecule has 0 atom stereocenters. The van der Waals surface area contributed by atoms with Crippen LogP contribution in [0, 0.1) is 0 Å². The predicted molar refractivity (Wildman–Crippen MR) is 189 cm³/mol. The molecule has 42 heavy (non-hydrogen) atoms. The molecule has 1 rings (SSSR count). The van der Waals surface area contributed by atoms with Gasteiger partial charge in [0.25, 0.3) is 0 Å². The van der Waals surface area contributed by atoms with E-state index in [4.69, 9.17) is 4.52 Å². The van der Waals surface area contributed by atoms with Gasteiger partial charge in [0.2, 0.25) is 0 Å². The summed E-state index contributed by atoms with van der Waals surface area (Å²) in [5.74, 6) is 0.722. The summed E-state index contributed by atoms with van der Waals surface area (Å²) in [6.45, 7) is 17.7. The summed E-state index contributed by atoms with van der Waals surface area (Å²) in [5, 5.41) is 0. The maximum absolute atomic E-state index is 12.2. The van der Waals surface area contributed by atoms with Gasteiger partial charge in [0.05, 0.1) is 0 Å². The van der Waals surface area contributed by atoms with E-state index in [0.29, 0.717) is 12.3 Å². The Morgan fingerprint density at radius 2 is 0.786 bits per heavy atom. The molecule has 0 aromatic heterocycles. The van der Waals surface area contributed by atoms with Crippen LogP contribution in [0.5, 0.6) is 5.75 Å². The van der Waals surface area contributed by atoms with Gasteiger partial charge in [0.1, 0.15) is 0 Å². The van der Waals surface area contributed by atoms with Crippen molar-refractivity contribution >= 4 is 7.28 Å². The first-order valence-corrected chi connectivity index (χ1v) is 20.5.